The van der Waals surface area contributed by atoms with Gasteiger partial charge >= 0.3 is 0 Å². The van der Waals surface area contributed by atoms with Crippen LogP contribution in [-0.4, -0.2) is 58.3 Å². The summed E-state index contributed by atoms with van der Waals surface area (Å²) >= 11 is 0. The molecule has 0 radical (unpaired) electrons. The van der Waals surface area contributed by atoms with Crippen molar-refractivity contribution in [3.63, 3.8) is 0 Å². The summed E-state index contributed by atoms with van der Waals surface area (Å²) in [5, 5.41) is 37.3. The van der Waals surface area contributed by atoms with Crippen LogP contribution in [0, 0.1) is 0 Å². The summed E-state index contributed by atoms with van der Waals surface area (Å²) in [6.45, 7) is 2.55. The second kappa shape index (κ2) is 7.58. The SMILES string of the molecule is CC(=O)Nc1ccc(NC(C)=O)c(N[C@H]2OC[C@@H](O)[C@H](O)[C@@H]2O)c1. The van der Waals surface area contributed by atoms with E-state index in [0.29, 0.717) is 17.1 Å². The standard InChI is InChI=1S/C15H21N3O6/c1-7(19)16-9-3-4-10(17-8(2)20)11(5-9)18-15-14(23)13(22)12(21)6-24-15/h3-5,12-15,18,21-23H,6H2,1-2H3,(H,16,19)(H,17,20)/t12-,13+,14+,15+/m1/s1. The van der Waals surface area contributed by atoms with Gasteiger partial charge < -0.3 is 36.0 Å². The number of ether oxygens (including phenoxy) is 1. The highest BCUT2D eigenvalue weighted by Gasteiger charge is 2.37. The zero-order valence-corrected chi connectivity index (χ0v) is 13.3. The van der Waals surface area contributed by atoms with Gasteiger partial charge in [0.15, 0.2) is 6.23 Å². The molecule has 4 atom stereocenters. The van der Waals surface area contributed by atoms with Gasteiger partial charge in [-0.15, -0.1) is 0 Å². The maximum absolute atomic E-state index is 11.3. The molecule has 9 nitrogen and oxygen atoms in total. The van der Waals surface area contributed by atoms with Crippen molar-refractivity contribution in [3.05, 3.63) is 18.2 Å². The summed E-state index contributed by atoms with van der Waals surface area (Å²) < 4.78 is 5.29. The number of aliphatic hydroxyl groups excluding tert-OH is 3. The van der Waals surface area contributed by atoms with Gasteiger partial charge in [0, 0.05) is 19.5 Å². The molecule has 0 bridgehead atoms. The Hall–Kier alpha value is -2.20. The number of carbonyl (C=O) groups excluding carboxylic acids is 2. The van der Waals surface area contributed by atoms with Crippen molar-refractivity contribution >= 4 is 28.9 Å². The number of nitrogens with one attached hydrogen (secondary N) is 3. The minimum absolute atomic E-state index is 0.156. The van der Waals surface area contributed by atoms with Gasteiger partial charge in [-0.3, -0.25) is 9.59 Å². The Morgan fingerprint density at radius 1 is 1.04 bits per heavy atom. The van der Waals surface area contributed by atoms with Crippen molar-refractivity contribution < 1.29 is 29.6 Å². The van der Waals surface area contributed by atoms with Gasteiger partial charge in [0.05, 0.1) is 18.0 Å². The number of hydrogen-bond acceptors (Lipinski definition) is 7. The maximum atomic E-state index is 11.3. The van der Waals surface area contributed by atoms with E-state index in [1.807, 2.05) is 0 Å². The molecule has 0 aromatic heterocycles. The molecule has 0 aliphatic carbocycles. The van der Waals surface area contributed by atoms with Crippen LogP contribution in [0.25, 0.3) is 0 Å². The Bertz CT molecular complexity index is 623. The Kier molecular flexibility index (Phi) is 5.73. The van der Waals surface area contributed by atoms with Gasteiger partial charge in [0.25, 0.3) is 0 Å². The quantitative estimate of drug-likeness (QED) is 0.433. The van der Waals surface area contributed by atoms with E-state index in [9.17, 15) is 24.9 Å². The highest BCUT2D eigenvalue weighted by Crippen LogP contribution is 2.28. The smallest absolute Gasteiger partial charge is 0.221 e. The van der Waals surface area contributed by atoms with E-state index in [0.717, 1.165) is 0 Å². The number of amides is 2. The molecule has 24 heavy (non-hydrogen) atoms. The lowest BCUT2D eigenvalue weighted by Gasteiger charge is -2.36. The second-order valence-corrected chi connectivity index (χ2v) is 5.57. The number of rotatable bonds is 4. The fourth-order valence-electron chi connectivity index (χ4n) is 2.33. The third kappa shape index (κ3) is 4.42. The van der Waals surface area contributed by atoms with Crippen LogP contribution >= 0.6 is 0 Å². The van der Waals surface area contributed by atoms with Crippen LogP contribution in [0.15, 0.2) is 18.2 Å². The molecule has 0 saturated carbocycles. The monoisotopic (exact) mass is 339 g/mol. The molecule has 9 heteroatoms. The van der Waals surface area contributed by atoms with E-state index in [4.69, 9.17) is 4.74 Å². The van der Waals surface area contributed by atoms with E-state index in [2.05, 4.69) is 16.0 Å². The first kappa shape index (κ1) is 18.1. The number of aliphatic hydroxyl groups is 3. The average Bonchev–Trinajstić information content (AvgIpc) is 2.49. The molecular formula is C15H21N3O6. The highest BCUT2D eigenvalue weighted by molar-refractivity contribution is 5.95. The summed E-state index contributed by atoms with van der Waals surface area (Å²) in [6.07, 6.45) is -4.91. The molecule has 0 spiro atoms. The predicted molar refractivity (Wildman–Crippen MR) is 86.4 cm³/mol. The van der Waals surface area contributed by atoms with Crippen molar-refractivity contribution in [3.8, 4) is 0 Å². The molecule has 1 heterocycles. The van der Waals surface area contributed by atoms with Crippen molar-refractivity contribution in [1.82, 2.24) is 0 Å². The largest absolute Gasteiger partial charge is 0.388 e. The molecule has 1 saturated heterocycles. The van der Waals surface area contributed by atoms with E-state index in [-0.39, 0.29) is 18.4 Å². The van der Waals surface area contributed by atoms with Crippen molar-refractivity contribution in [2.75, 3.05) is 22.6 Å². The third-order valence-corrected chi connectivity index (χ3v) is 3.45. The summed E-state index contributed by atoms with van der Waals surface area (Å²) in [5.74, 6) is -0.563. The van der Waals surface area contributed by atoms with Crippen LogP contribution in [0.5, 0.6) is 0 Å². The fraction of sp³-hybridized carbons (Fsp3) is 0.467. The summed E-state index contributed by atoms with van der Waals surface area (Å²) in [5.41, 5.74) is 1.27. The summed E-state index contributed by atoms with van der Waals surface area (Å²) in [6, 6.07) is 4.74. The van der Waals surface area contributed by atoms with Gasteiger partial charge in [-0.2, -0.15) is 0 Å². The lowest BCUT2D eigenvalue weighted by atomic mass is 10.0. The topological polar surface area (TPSA) is 140 Å². The first-order valence-corrected chi connectivity index (χ1v) is 7.39. The van der Waals surface area contributed by atoms with Gasteiger partial charge in [-0.05, 0) is 18.2 Å². The number of hydrogen-bond donors (Lipinski definition) is 6. The molecule has 1 aliphatic heterocycles. The van der Waals surface area contributed by atoms with Crippen LogP contribution in [0.3, 0.4) is 0 Å². The molecule has 2 rings (SSSR count). The van der Waals surface area contributed by atoms with E-state index in [1.165, 1.54) is 13.8 Å². The molecule has 6 N–H and O–H groups in total. The zero-order valence-electron chi connectivity index (χ0n) is 13.3. The van der Waals surface area contributed by atoms with E-state index >= 15 is 0 Å². The molecule has 1 fully saturated rings. The van der Waals surface area contributed by atoms with Crippen molar-refractivity contribution in [2.24, 2.45) is 0 Å². The normalized spacial score (nSPS) is 26.5. The zero-order chi connectivity index (χ0) is 17.9. The van der Waals surface area contributed by atoms with Crippen LogP contribution < -0.4 is 16.0 Å². The number of carbonyl (C=O) groups is 2. The van der Waals surface area contributed by atoms with Crippen molar-refractivity contribution in [1.29, 1.82) is 0 Å². The van der Waals surface area contributed by atoms with Gasteiger partial charge in [-0.1, -0.05) is 0 Å². The molecule has 1 aromatic carbocycles. The summed E-state index contributed by atoms with van der Waals surface area (Å²) in [4.78, 5) is 22.5. The Morgan fingerprint density at radius 3 is 2.33 bits per heavy atom. The molecule has 1 aliphatic rings. The highest BCUT2D eigenvalue weighted by atomic mass is 16.5. The van der Waals surface area contributed by atoms with Crippen molar-refractivity contribution in [2.45, 2.75) is 38.4 Å². The van der Waals surface area contributed by atoms with E-state index in [1.54, 1.807) is 18.2 Å². The maximum Gasteiger partial charge on any atom is 0.221 e. The number of anilines is 3. The first-order chi connectivity index (χ1) is 11.3. The predicted octanol–water partition coefficient (Wildman–Crippen LogP) is -0.546. The average molecular weight is 339 g/mol. The molecular weight excluding hydrogens is 318 g/mol. The molecule has 1 aromatic rings. The first-order valence-electron chi connectivity index (χ1n) is 7.39. The van der Waals surface area contributed by atoms with Crippen LogP contribution in [-0.2, 0) is 14.3 Å². The minimum atomic E-state index is -1.37. The van der Waals surface area contributed by atoms with Gasteiger partial charge in [-0.25, -0.2) is 0 Å². The Morgan fingerprint density at radius 2 is 1.71 bits per heavy atom. The van der Waals surface area contributed by atoms with Gasteiger partial charge in [0.2, 0.25) is 11.8 Å². The summed E-state index contributed by atoms with van der Waals surface area (Å²) in [7, 11) is 0. The molecule has 2 amide bonds. The lowest BCUT2D eigenvalue weighted by Crippen LogP contribution is -2.55. The van der Waals surface area contributed by atoms with Crippen LogP contribution in [0.2, 0.25) is 0 Å². The van der Waals surface area contributed by atoms with Gasteiger partial charge in [0.1, 0.15) is 18.3 Å². The Labute approximate surface area is 138 Å². The molecule has 132 valence electrons. The Balaban J connectivity index is 2.24. The van der Waals surface area contributed by atoms with E-state index < -0.39 is 24.5 Å². The second-order valence-electron chi connectivity index (χ2n) is 5.57. The van der Waals surface area contributed by atoms with Crippen LogP contribution in [0.1, 0.15) is 13.8 Å². The van der Waals surface area contributed by atoms with Crippen LogP contribution in [0.4, 0.5) is 17.1 Å². The minimum Gasteiger partial charge on any atom is -0.388 e. The molecule has 0 unspecified atom stereocenters. The third-order valence-electron chi connectivity index (χ3n) is 3.45. The lowest BCUT2D eigenvalue weighted by molar-refractivity contribution is -0.178. The number of benzene rings is 1. The fourth-order valence-corrected chi connectivity index (χ4v) is 2.33.